The molecule has 8 heteroatoms. The Kier molecular flexibility index (Phi) is 5.37. The molecule has 1 aromatic heterocycles. The molecule has 0 spiro atoms. The zero-order valence-corrected chi connectivity index (χ0v) is 19.8. The molecule has 2 aliphatic rings. The highest BCUT2D eigenvalue weighted by Crippen LogP contribution is 2.45. The number of carbonyl (C=O) groups excluding carboxylic acids is 3. The molecule has 184 valence electrons. The van der Waals surface area contributed by atoms with Crippen molar-refractivity contribution >= 4 is 34.4 Å². The highest BCUT2D eigenvalue weighted by atomic mass is 19.1. The summed E-state index contributed by atoms with van der Waals surface area (Å²) in [5.41, 5.74) is 3.77. The summed E-state index contributed by atoms with van der Waals surface area (Å²) in [6, 6.07) is 18.4. The summed E-state index contributed by atoms with van der Waals surface area (Å²) in [6.07, 6.45) is 1.88. The number of benzene rings is 3. The zero-order chi connectivity index (χ0) is 25.7. The molecule has 3 aromatic carbocycles. The smallest absolute Gasteiger partial charge is 0.332 e. The second-order valence-electron chi connectivity index (χ2n) is 9.12. The SMILES string of the molecule is C=CCNC(=O)c1ccccc1N1C(=O)C2Cc3c([nH]c4ccccc34)C(c3ccc(F)cc3)N2C1=O. The van der Waals surface area contributed by atoms with Crippen LogP contribution in [0.1, 0.15) is 33.2 Å². The number of amides is 4. The fraction of sp³-hybridized carbons (Fsp3) is 0.138. The molecule has 0 radical (unpaired) electrons. The van der Waals surface area contributed by atoms with E-state index in [0.717, 1.165) is 27.1 Å². The molecular weight excluding hydrogens is 471 g/mol. The van der Waals surface area contributed by atoms with Crippen molar-refractivity contribution in [1.82, 2.24) is 15.2 Å². The minimum Gasteiger partial charge on any atom is -0.356 e. The van der Waals surface area contributed by atoms with Gasteiger partial charge in [-0.15, -0.1) is 6.58 Å². The van der Waals surface area contributed by atoms with Gasteiger partial charge in [-0.25, -0.2) is 14.1 Å². The Hall–Kier alpha value is -4.72. The van der Waals surface area contributed by atoms with E-state index < -0.39 is 35.7 Å². The van der Waals surface area contributed by atoms with E-state index in [0.29, 0.717) is 12.0 Å². The van der Waals surface area contributed by atoms with E-state index in [9.17, 15) is 18.8 Å². The van der Waals surface area contributed by atoms with Crippen molar-refractivity contribution in [3.05, 3.63) is 114 Å². The molecule has 0 aliphatic carbocycles. The van der Waals surface area contributed by atoms with Crippen LogP contribution in [0.15, 0.2) is 85.5 Å². The van der Waals surface area contributed by atoms with Crippen molar-refractivity contribution in [1.29, 1.82) is 0 Å². The Morgan fingerprint density at radius 3 is 2.57 bits per heavy atom. The largest absolute Gasteiger partial charge is 0.356 e. The van der Waals surface area contributed by atoms with Crippen LogP contribution >= 0.6 is 0 Å². The van der Waals surface area contributed by atoms with Crippen molar-refractivity contribution in [2.75, 3.05) is 11.4 Å². The van der Waals surface area contributed by atoms with Gasteiger partial charge in [-0.05, 0) is 41.5 Å². The van der Waals surface area contributed by atoms with E-state index in [1.165, 1.54) is 12.1 Å². The van der Waals surface area contributed by atoms with Gasteiger partial charge in [0.2, 0.25) is 0 Å². The third-order valence-electron chi connectivity index (χ3n) is 7.03. The molecule has 7 nitrogen and oxygen atoms in total. The Balaban J connectivity index is 1.49. The third kappa shape index (κ3) is 3.52. The molecule has 0 saturated carbocycles. The highest BCUT2D eigenvalue weighted by Gasteiger charge is 2.53. The number of para-hydroxylation sites is 2. The first-order chi connectivity index (χ1) is 18.0. The number of carbonyl (C=O) groups is 3. The summed E-state index contributed by atoms with van der Waals surface area (Å²) in [5.74, 6) is -1.21. The minimum atomic E-state index is -0.779. The lowest BCUT2D eigenvalue weighted by atomic mass is 9.89. The number of H-pyrrole nitrogens is 1. The van der Waals surface area contributed by atoms with Crippen LogP contribution in [0, 0.1) is 5.82 Å². The lowest BCUT2D eigenvalue weighted by molar-refractivity contribution is -0.120. The predicted octanol–water partition coefficient (Wildman–Crippen LogP) is 4.71. The van der Waals surface area contributed by atoms with Crippen LogP contribution in [0.5, 0.6) is 0 Å². The number of anilines is 1. The Bertz CT molecular complexity index is 1580. The van der Waals surface area contributed by atoms with Crippen molar-refractivity contribution in [2.24, 2.45) is 0 Å². The summed E-state index contributed by atoms with van der Waals surface area (Å²) in [7, 11) is 0. The number of hydrogen-bond acceptors (Lipinski definition) is 3. The molecule has 1 fully saturated rings. The summed E-state index contributed by atoms with van der Waals surface area (Å²) in [4.78, 5) is 46.8. The molecule has 2 N–H and O–H groups in total. The number of hydrogen-bond donors (Lipinski definition) is 2. The zero-order valence-electron chi connectivity index (χ0n) is 19.8. The van der Waals surface area contributed by atoms with Gasteiger partial charge in [0.25, 0.3) is 11.8 Å². The number of rotatable bonds is 5. The number of halogens is 1. The second-order valence-corrected chi connectivity index (χ2v) is 9.12. The van der Waals surface area contributed by atoms with E-state index in [1.54, 1.807) is 47.4 Å². The molecule has 2 atom stereocenters. The highest BCUT2D eigenvalue weighted by molar-refractivity contribution is 6.24. The van der Waals surface area contributed by atoms with Crippen LogP contribution in [0.4, 0.5) is 14.9 Å². The average Bonchev–Trinajstić information content (AvgIpc) is 3.41. The first-order valence-electron chi connectivity index (χ1n) is 12.0. The Morgan fingerprint density at radius 2 is 1.78 bits per heavy atom. The van der Waals surface area contributed by atoms with Gasteiger partial charge < -0.3 is 10.3 Å². The van der Waals surface area contributed by atoms with Crippen molar-refractivity contribution in [3.63, 3.8) is 0 Å². The summed E-state index contributed by atoms with van der Waals surface area (Å²) in [6.45, 7) is 3.86. The number of aromatic nitrogens is 1. The van der Waals surface area contributed by atoms with Crippen LogP contribution in [0.2, 0.25) is 0 Å². The van der Waals surface area contributed by atoms with Crippen LogP contribution in [0.3, 0.4) is 0 Å². The predicted molar refractivity (Wildman–Crippen MR) is 138 cm³/mol. The molecular formula is C29H23FN4O3. The maximum absolute atomic E-state index is 14.0. The van der Waals surface area contributed by atoms with Crippen molar-refractivity contribution in [3.8, 4) is 0 Å². The number of imide groups is 1. The number of fused-ring (bicyclic) bond motifs is 4. The van der Waals surface area contributed by atoms with Crippen molar-refractivity contribution in [2.45, 2.75) is 18.5 Å². The summed E-state index contributed by atoms with van der Waals surface area (Å²) < 4.78 is 13.8. The molecule has 3 heterocycles. The van der Waals surface area contributed by atoms with E-state index in [1.807, 2.05) is 24.3 Å². The van der Waals surface area contributed by atoms with Crippen molar-refractivity contribution < 1.29 is 18.8 Å². The number of urea groups is 1. The van der Waals surface area contributed by atoms with Gasteiger partial charge in [-0.1, -0.05) is 48.5 Å². The number of aromatic amines is 1. The molecule has 2 unspecified atom stereocenters. The molecule has 6 rings (SSSR count). The first-order valence-corrected chi connectivity index (χ1v) is 12.0. The summed E-state index contributed by atoms with van der Waals surface area (Å²) in [5, 5.41) is 3.69. The maximum Gasteiger partial charge on any atom is 0.332 e. The fourth-order valence-corrected chi connectivity index (χ4v) is 5.41. The van der Waals surface area contributed by atoms with E-state index in [4.69, 9.17) is 0 Å². The van der Waals surface area contributed by atoms with Gasteiger partial charge in [0.1, 0.15) is 17.9 Å². The molecule has 4 amide bonds. The number of nitrogens with one attached hydrogen (secondary N) is 2. The van der Waals surface area contributed by atoms with Gasteiger partial charge in [-0.2, -0.15) is 0 Å². The van der Waals surface area contributed by atoms with Crippen LogP contribution in [0.25, 0.3) is 10.9 Å². The topological polar surface area (TPSA) is 85.5 Å². The Labute approximate surface area is 212 Å². The van der Waals surface area contributed by atoms with Gasteiger partial charge in [-0.3, -0.25) is 14.5 Å². The second kappa shape index (κ2) is 8.74. The average molecular weight is 495 g/mol. The van der Waals surface area contributed by atoms with Crippen LogP contribution in [-0.4, -0.2) is 40.3 Å². The third-order valence-corrected chi connectivity index (χ3v) is 7.03. The molecule has 0 bridgehead atoms. The normalized spacial score (nSPS) is 18.6. The first kappa shape index (κ1) is 22.7. The molecule has 1 saturated heterocycles. The molecule has 4 aromatic rings. The monoisotopic (exact) mass is 494 g/mol. The van der Waals surface area contributed by atoms with Gasteiger partial charge in [0.05, 0.1) is 11.3 Å². The Morgan fingerprint density at radius 1 is 1.05 bits per heavy atom. The number of nitrogens with zero attached hydrogens (tertiary/aromatic N) is 2. The maximum atomic E-state index is 14.0. The lowest BCUT2D eigenvalue weighted by Gasteiger charge is -2.36. The van der Waals surface area contributed by atoms with Gasteiger partial charge in [0, 0.05) is 29.6 Å². The van der Waals surface area contributed by atoms with E-state index >= 15 is 0 Å². The van der Waals surface area contributed by atoms with Crippen LogP contribution < -0.4 is 10.2 Å². The summed E-state index contributed by atoms with van der Waals surface area (Å²) >= 11 is 0. The van der Waals surface area contributed by atoms with Gasteiger partial charge >= 0.3 is 6.03 Å². The lowest BCUT2D eigenvalue weighted by Crippen LogP contribution is -2.44. The standard InChI is InChI=1S/C29H23FN4O3/c1-2-15-31-27(35)20-8-4-6-10-23(20)34-28(36)24-16-21-19-7-3-5-9-22(19)32-25(21)26(33(24)29(34)37)17-11-13-18(30)14-12-17/h2-14,24,26,32H,1,15-16H2,(H,31,35). The van der Waals surface area contributed by atoms with Crippen LogP contribution in [-0.2, 0) is 11.2 Å². The molecule has 37 heavy (non-hydrogen) atoms. The van der Waals surface area contributed by atoms with E-state index in [-0.39, 0.29) is 17.8 Å². The minimum absolute atomic E-state index is 0.216. The molecule has 2 aliphatic heterocycles. The fourth-order valence-electron chi connectivity index (χ4n) is 5.41. The quantitative estimate of drug-likeness (QED) is 0.311. The van der Waals surface area contributed by atoms with E-state index in [2.05, 4.69) is 16.9 Å². The van der Waals surface area contributed by atoms with Gasteiger partial charge in [0.15, 0.2) is 0 Å².